The molecule has 3 rings (SSSR count). The van der Waals surface area contributed by atoms with Gasteiger partial charge in [0.05, 0.1) is 11.4 Å². The molecule has 0 bridgehead atoms. The Labute approximate surface area is 177 Å². The highest BCUT2D eigenvalue weighted by Crippen LogP contribution is 2.30. The molecule has 0 radical (unpaired) electrons. The molecule has 5 nitrogen and oxygen atoms in total. The fourth-order valence-electron chi connectivity index (χ4n) is 3.54. The van der Waals surface area contributed by atoms with Gasteiger partial charge in [-0.1, -0.05) is 37.6 Å². The number of nitrogens with zero attached hydrogens (tertiary/aromatic N) is 2. The fraction of sp³-hybridized carbons (Fsp3) is 0.391. The molecule has 0 unspecified atom stereocenters. The molecule has 154 valence electrons. The predicted molar refractivity (Wildman–Crippen MR) is 119 cm³/mol. The summed E-state index contributed by atoms with van der Waals surface area (Å²) in [7, 11) is 0. The van der Waals surface area contributed by atoms with Gasteiger partial charge in [-0.15, -0.1) is 0 Å². The Hall–Kier alpha value is -2.53. The highest BCUT2D eigenvalue weighted by molar-refractivity contribution is 6.31. The van der Waals surface area contributed by atoms with E-state index in [0.29, 0.717) is 35.8 Å². The predicted octanol–water partition coefficient (Wildman–Crippen LogP) is 4.60. The topological polar surface area (TPSA) is 52.7 Å². The Morgan fingerprint density at radius 1 is 1.00 bits per heavy atom. The van der Waals surface area contributed by atoms with Crippen molar-refractivity contribution in [1.29, 1.82) is 0 Å². The fourth-order valence-corrected chi connectivity index (χ4v) is 3.71. The highest BCUT2D eigenvalue weighted by Gasteiger charge is 2.23. The Kier molecular flexibility index (Phi) is 7.15. The molecular formula is C23H28ClN3O2. The van der Waals surface area contributed by atoms with E-state index in [1.807, 2.05) is 48.2 Å². The van der Waals surface area contributed by atoms with Crippen LogP contribution in [-0.2, 0) is 11.2 Å². The molecule has 1 N–H and O–H groups in total. The van der Waals surface area contributed by atoms with Crippen molar-refractivity contribution in [3.8, 4) is 0 Å². The number of aryl methyl sites for hydroxylation is 1. The molecule has 1 aliphatic heterocycles. The van der Waals surface area contributed by atoms with E-state index in [1.165, 1.54) is 5.56 Å². The Morgan fingerprint density at radius 3 is 2.31 bits per heavy atom. The molecule has 1 aliphatic rings. The van der Waals surface area contributed by atoms with E-state index < -0.39 is 0 Å². The molecule has 0 aromatic heterocycles. The minimum absolute atomic E-state index is 0.159. The maximum absolute atomic E-state index is 12.7. The number of benzene rings is 2. The molecule has 1 heterocycles. The van der Waals surface area contributed by atoms with Crippen LogP contribution in [0.2, 0.25) is 5.02 Å². The quantitative estimate of drug-likeness (QED) is 0.752. The summed E-state index contributed by atoms with van der Waals surface area (Å²) in [5.41, 5.74) is 3.43. The lowest BCUT2D eigenvalue weighted by molar-refractivity contribution is -0.131. The molecule has 1 saturated heterocycles. The van der Waals surface area contributed by atoms with Gasteiger partial charge in [0.1, 0.15) is 0 Å². The van der Waals surface area contributed by atoms with E-state index in [4.69, 9.17) is 11.6 Å². The van der Waals surface area contributed by atoms with Crippen molar-refractivity contribution in [2.75, 3.05) is 36.4 Å². The van der Waals surface area contributed by atoms with Crippen LogP contribution in [0.4, 0.5) is 11.4 Å². The van der Waals surface area contributed by atoms with Crippen molar-refractivity contribution < 1.29 is 9.59 Å². The molecule has 2 aromatic rings. The second kappa shape index (κ2) is 9.79. The number of piperazine rings is 1. The molecule has 0 aliphatic carbocycles. The zero-order chi connectivity index (χ0) is 20.8. The van der Waals surface area contributed by atoms with E-state index in [9.17, 15) is 9.59 Å². The third-order valence-electron chi connectivity index (χ3n) is 5.27. The van der Waals surface area contributed by atoms with Crippen LogP contribution in [-0.4, -0.2) is 42.9 Å². The lowest BCUT2D eigenvalue weighted by Crippen LogP contribution is -2.48. The average molecular weight is 414 g/mol. The van der Waals surface area contributed by atoms with Gasteiger partial charge >= 0.3 is 0 Å². The minimum atomic E-state index is -0.159. The zero-order valence-electron chi connectivity index (χ0n) is 17.1. The maximum Gasteiger partial charge on any atom is 0.255 e. The zero-order valence-corrected chi connectivity index (χ0v) is 17.8. The lowest BCUT2D eigenvalue weighted by Gasteiger charge is -2.37. The number of amides is 2. The van der Waals surface area contributed by atoms with Gasteiger partial charge in [0.2, 0.25) is 5.91 Å². The van der Waals surface area contributed by atoms with Gasteiger partial charge in [-0.25, -0.2) is 0 Å². The normalized spacial score (nSPS) is 14.0. The first kappa shape index (κ1) is 21.2. The summed E-state index contributed by atoms with van der Waals surface area (Å²) in [5, 5.41) is 3.58. The monoisotopic (exact) mass is 413 g/mol. The van der Waals surface area contributed by atoms with E-state index in [0.717, 1.165) is 31.6 Å². The average Bonchev–Trinajstić information content (AvgIpc) is 2.74. The van der Waals surface area contributed by atoms with Crippen LogP contribution < -0.4 is 10.2 Å². The molecular weight excluding hydrogens is 386 g/mol. The Balaban J connectivity index is 1.73. The van der Waals surface area contributed by atoms with E-state index in [1.54, 1.807) is 6.07 Å². The van der Waals surface area contributed by atoms with E-state index >= 15 is 0 Å². The highest BCUT2D eigenvalue weighted by atomic mass is 35.5. The van der Waals surface area contributed by atoms with Gasteiger partial charge in [-0.3, -0.25) is 9.59 Å². The van der Waals surface area contributed by atoms with Gasteiger partial charge in [-0.2, -0.15) is 0 Å². The molecule has 29 heavy (non-hydrogen) atoms. The number of hydrogen-bond acceptors (Lipinski definition) is 3. The van der Waals surface area contributed by atoms with Crippen LogP contribution in [0.1, 0.15) is 42.6 Å². The standard InChI is InChI=1S/C23H28ClN3O2/c1-3-5-22(28)27-14-12-26(13-15-27)21-11-10-19(24)16-20(21)25-23(29)18-8-6-17(4-2)7-9-18/h6-11,16H,3-5,12-15H2,1-2H3,(H,25,29). The van der Waals surface area contributed by atoms with Crippen LogP contribution in [0.25, 0.3) is 0 Å². The molecule has 6 heteroatoms. The van der Waals surface area contributed by atoms with Crippen molar-refractivity contribution in [3.63, 3.8) is 0 Å². The first-order chi connectivity index (χ1) is 14.0. The molecule has 1 fully saturated rings. The first-order valence-electron chi connectivity index (χ1n) is 10.2. The van der Waals surface area contributed by atoms with Gasteiger partial charge < -0.3 is 15.1 Å². The van der Waals surface area contributed by atoms with Crippen LogP contribution in [0.15, 0.2) is 42.5 Å². The SMILES string of the molecule is CCCC(=O)N1CCN(c2ccc(Cl)cc2NC(=O)c2ccc(CC)cc2)CC1. The minimum Gasteiger partial charge on any atom is -0.366 e. The Morgan fingerprint density at radius 2 is 1.69 bits per heavy atom. The molecule has 0 atom stereocenters. The van der Waals surface area contributed by atoms with Gasteiger partial charge in [-0.05, 0) is 48.7 Å². The second-order valence-corrected chi connectivity index (χ2v) is 7.72. The largest absolute Gasteiger partial charge is 0.366 e. The van der Waals surface area contributed by atoms with Gasteiger partial charge in [0.25, 0.3) is 5.91 Å². The summed E-state index contributed by atoms with van der Waals surface area (Å²) in [6.07, 6.45) is 2.40. The smallest absolute Gasteiger partial charge is 0.255 e. The second-order valence-electron chi connectivity index (χ2n) is 7.28. The summed E-state index contributed by atoms with van der Waals surface area (Å²) in [6.45, 7) is 6.94. The summed E-state index contributed by atoms with van der Waals surface area (Å²) < 4.78 is 0. The number of halogens is 1. The van der Waals surface area contributed by atoms with Crippen molar-refractivity contribution >= 4 is 34.8 Å². The van der Waals surface area contributed by atoms with Crippen LogP contribution in [0, 0.1) is 0 Å². The van der Waals surface area contributed by atoms with Gasteiger partial charge in [0, 0.05) is 43.2 Å². The third kappa shape index (κ3) is 5.30. The first-order valence-corrected chi connectivity index (χ1v) is 10.6. The summed E-state index contributed by atoms with van der Waals surface area (Å²) in [4.78, 5) is 29.0. The van der Waals surface area contributed by atoms with Crippen molar-refractivity contribution in [3.05, 3.63) is 58.6 Å². The van der Waals surface area contributed by atoms with Crippen molar-refractivity contribution in [2.45, 2.75) is 33.1 Å². The number of carbonyl (C=O) groups excluding carboxylic acids is 2. The summed E-state index contributed by atoms with van der Waals surface area (Å²) in [5.74, 6) is 0.0558. The number of nitrogens with one attached hydrogen (secondary N) is 1. The third-order valence-corrected chi connectivity index (χ3v) is 5.50. The number of carbonyl (C=O) groups is 2. The number of anilines is 2. The number of rotatable bonds is 6. The molecule has 0 saturated carbocycles. The van der Waals surface area contributed by atoms with E-state index in [2.05, 4.69) is 17.1 Å². The van der Waals surface area contributed by atoms with Crippen LogP contribution in [0.3, 0.4) is 0 Å². The molecule has 2 amide bonds. The summed E-state index contributed by atoms with van der Waals surface area (Å²) >= 11 is 6.20. The van der Waals surface area contributed by atoms with Crippen molar-refractivity contribution in [1.82, 2.24) is 4.90 Å². The summed E-state index contributed by atoms with van der Waals surface area (Å²) in [6, 6.07) is 13.2. The Bertz CT molecular complexity index is 859. The van der Waals surface area contributed by atoms with Crippen molar-refractivity contribution in [2.24, 2.45) is 0 Å². The lowest BCUT2D eigenvalue weighted by atomic mass is 10.1. The van der Waals surface area contributed by atoms with Crippen LogP contribution >= 0.6 is 11.6 Å². The molecule has 0 spiro atoms. The number of hydrogen-bond donors (Lipinski definition) is 1. The molecule has 2 aromatic carbocycles. The maximum atomic E-state index is 12.7. The van der Waals surface area contributed by atoms with Crippen LogP contribution in [0.5, 0.6) is 0 Å². The van der Waals surface area contributed by atoms with Gasteiger partial charge in [0.15, 0.2) is 0 Å². The van der Waals surface area contributed by atoms with E-state index in [-0.39, 0.29) is 11.8 Å².